The van der Waals surface area contributed by atoms with Crippen molar-refractivity contribution in [3.05, 3.63) is 0 Å². The summed E-state index contributed by atoms with van der Waals surface area (Å²) in [6.45, 7) is 6.19. The molecule has 0 aromatic carbocycles. The molecule has 3 rings (SSSR count). The highest BCUT2D eigenvalue weighted by Crippen LogP contribution is 2.55. The number of hydrogen-bond donors (Lipinski definition) is 2. The lowest BCUT2D eigenvalue weighted by Crippen LogP contribution is -2.59. The fraction of sp³-hybridized carbons (Fsp3) is 0.929. The van der Waals surface area contributed by atoms with Gasteiger partial charge in [0, 0.05) is 5.54 Å². The molecule has 0 unspecified atom stereocenters. The Kier molecular flexibility index (Phi) is 3.23. The number of hydrogen-bond acceptors (Lipinski definition) is 2. The number of aliphatic hydroxyl groups excluding tert-OH is 1. The topological polar surface area (TPSA) is 49.3 Å². The van der Waals surface area contributed by atoms with E-state index in [-0.39, 0.29) is 11.4 Å². The summed E-state index contributed by atoms with van der Waals surface area (Å²) >= 11 is 0. The number of carbonyl (C=O) groups is 1. The van der Waals surface area contributed by atoms with E-state index in [4.69, 9.17) is 0 Å². The summed E-state index contributed by atoms with van der Waals surface area (Å²) in [5, 5.41) is 12.4. The van der Waals surface area contributed by atoms with E-state index in [2.05, 4.69) is 19.2 Å². The second kappa shape index (κ2) is 4.27. The normalized spacial score (nSPS) is 38.2. The molecule has 0 heterocycles. The van der Waals surface area contributed by atoms with Crippen molar-refractivity contribution in [1.29, 1.82) is 0 Å². The lowest BCUT2D eigenvalue weighted by atomic mass is 9.53. The first-order chi connectivity index (χ1) is 7.89. The molecule has 0 aromatic rings. The predicted molar refractivity (Wildman–Crippen MR) is 67.5 cm³/mol. The summed E-state index contributed by atoms with van der Waals surface area (Å²) in [6.07, 6.45) is 6.06. The summed E-state index contributed by atoms with van der Waals surface area (Å²) in [4.78, 5) is 11.6. The van der Waals surface area contributed by atoms with Crippen LogP contribution in [0.4, 0.5) is 0 Å². The zero-order valence-electron chi connectivity index (χ0n) is 11.3. The Morgan fingerprint density at radius 3 is 1.88 bits per heavy atom. The van der Waals surface area contributed by atoms with Gasteiger partial charge in [-0.2, -0.15) is 0 Å². The highest BCUT2D eigenvalue weighted by molar-refractivity contribution is 5.80. The molecule has 0 spiro atoms. The Morgan fingerprint density at radius 1 is 1.06 bits per heavy atom. The van der Waals surface area contributed by atoms with Crippen LogP contribution in [-0.2, 0) is 4.79 Å². The predicted octanol–water partition coefficient (Wildman–Crippen LogP) is 2.23. The van der Waals surface area contributed by atoms with Gasteiger partial charge in [0.2, 0.25) is 5.91 Å². The molecule has 3 aliphatic rings. The molecular formula is C14H25NO2. The largest absolute Gasteiger partial charge is 0.384 e. The van der Waals surface area contributed by atoms with E-state index in [9.17, 15) is 9.90 Å². The molecular weight excluding hydrogens is 214 g/mol. The zero-order valence-corrected chi connectivity index (χ0v) is 11.3. The van der Waals surface area contributed by atoms with Crippen LogP contribution in [0.2, 0.25) is 0 Å². The van der Waals surface area contributed by atoms with Gasteiger partial charge < -0.3 is 10.4 Å². The van der Waals surface area contributed by atoms with Gasteiger partial charge in [-0.1, -0.05) is 13.8 Å². The third kappa shape index (κ3) is 2.22. The second-order valence-electron chi connectivity index (χ2n) is 6.46. The molecule has 0 saturated heterocycles. The molecule has 1 amide bonds. The molecule has 2 bridgehead atoms. The first-order valence-electron chi connectivity index (χ1n) is 6.89. The van der Waals surface area contributed by atoms with E-state index in [1.54, 1.807) is 0 Å². The lowest BCUT2D eigenvalue weighted by molar-refractivity contribution is -0.133. The van der Waals surface area contributed by atoms with E-state index < -0.39 is 6.10 Å². The molecule has 3 aliphatic carbocycles. The number of nitrogens with one attached hydrogen (secondary N) is 1. The van der Waals surface area contributed by atoms with Crippen molar-refractivity contribution in [2.45, 2.75) is 70.9 Å². The van der Waals surface area contributed by atoms with Crippen LogP contribution in [-0.4, -0.2) is 22.7 Å². The maximum atomic E-state index is 11.6. The number of fused-ring (bicyclic) bond motifs is 3. The van der Waals surface area contributed by atoms with Crippen molar-refractivity contribution in [3.63, 3.8) is 0 Å². The lowest BCUT2D eigenvalue weighted by Gasteiger charge is -2.55. The number of aliphatic hydroxyl groups is 1. The number of carbonyl (C=O) groups excluding carboxylic acids is 1. The Balaban J connectivity index is 2.02. The maximum absolute atomic E-state index is 11.6. The van der Waals surface area contributed by atoms with Crippen molar-refractivity contribution in [2.75, 3.05) is 0 Å². The van der Waals surface area contributed by atoms with Gasteiger partial charge in [0.05, 0.1) is 0 Å². The van der Waals surface area contributed by atoms with Crippen LogP contribution in [0.3, 0.4) is 0 Å². The fourth-order valence-corrected chi connectivity index (χ4v) is 3.63. The van der Waals surface area contributed by atoms with Crippen LogP contribution < -0.4 is 5.32 Å². The maximum Gasteiger partial charge on any atom is 0.248 e. The van der Waals surface area contributed by atoms with Crippen molar-refractivity contribution in [1.82, 2.24) is 5.32 Å². The van der Waals surface area contributed by atoms with Gasteiger partial charge in [0.1, 0.15) is 6.10 Å². The van der Waals surface area contributed by atoms with Gasteiger partial charge in [-0.15, -0.1) is 0 Å². The smallest absolute Gasteiger partial charge is 0.248 e. The van der Waals surface area contributed by atoms with E-state index in [0.717, 1.165) is 25.2 Å². The first-order valence-corrected chi connectivity index (χ1v) is 6.89. The Hall–Kier alpha value is -0.570. The van der Waals surface area contributed by atoms with Crippen LogP contribution in [0.15, 0.2) is 0 Å². The zero-order chi connectivity index (χ0) is 12.7. The van der Waals surface area contributed by atoms with Gasteiger partial charge in [-0.3, -0.25) is 4.79 Å². The molecule has 3 fully saturated rings. The van der Waals surface area contributed by atoms with E-state index >= 15 is 0 Å². The highest BCUT2D eigenvalue weighted by Gasteiger charge is 2.50. The average Bonchev–Trinajstić information content (AvgIpc) is 2.30. The number of amides is 1. The van der Waals surface area contributed by atoms with Gasteiger partial charge in [-0.25, -0.2) is 0 Å². The summed E-state index contributed by atoms with van der Waals surface area (Å²) in [6, 6.07) is 0. The molecule has 98 valence electrons. The van der Waals surface area contributed by atoms with Crippen LogP contribution in [0, 0.1) is 11.3 Å². The highest BCUT2D eigenvalue weighted by atomic mass is 16.3. The van der Waals surface area contributed by atoms with E-state index in [0.29, 0.717) is 5.41 Å². The molecule has 3 heteroatoms. The molecule has 0 aromatic heterocycles. The summed E-state index contributed by atoms with van der Waals surface area (Å²) < 4.78 is 0. The Bertz CT molecular complexity index is 285. The quantitative estimate of drug-likeness (QED) is 0.793. The molecule has 1 atom stereocenters. The minimum absolute atomic E-state index is 0.00921. The van der Waals surface area contributed by atoms with Crippen molar-refractivity contribution < 1.29 is 9.90 Å². The van der Waals surface area contributed by atoms with Crippen LogP contribution in [0.25, 0.3) is 0 Å². The second-order valence-corrected chi connectivity index (χ2v) is 6.46. The average molecular weight is 239 g/mol. The standard InChI is InChI=1S/C14H25NO2/c1-10(2)13-4-7-14(8-5-13,9-6-13)15-12(17)11(3)16/h10-11,16H,4-9H2,1-3H3,(H,15,17)/t11-,13?,14?/m1/s1. The molecule has 3 nitrogen and oxygen atoms in total. The van der Waals surface area contributed by atoms with Crippen molar-refractivity contribution in [2.24, 2.45) is 11.3 Å². The first kappa shape index (κ1) is 12.9. The van der Waals surface area contributed by atoms with Gasteiger partial charge in [0.25, 0.3) is 0 Å². The van der Waals surface area contributed by atoms with Crippen LogP contribution in [0.1, 0.15) is 59.3 Å². The minimum Gasteiger partial charge on any atom is -0.384 e. The van der Waals surface area contributed by atoms with Gasteiger partial charge >= 0.3 is 0 Å². The SMILES string of the molecule is CC(C)C12CCC(NC(=O)[C@@H](C)O)(CC1)CC2. The molecule has 17 heavy (non-hydrogen) atoms. The fourth-order valence-electron chi connectivity index (χ4n) is 3.63. The van der Waals surface area contributed by atoms with Crippen molar-refractivity contribution >= 4 is 5.91 Å². The Morgan fingerprint density at radius 2 is 1.53 bits per heavy atom. The summed E-state index contributed by atoms with van der Waals surface area (Å²) in [5.41, 5.74) is 0.516. The molecule has 3 saturated carbocycles. The van der Waals surface area contributed by atoms with Gasteiger partial charge in [0.15, 0.2) is 0 Å². The van der Waals surface area contributed by atoms with Gasteiger partial charge in [-0.05, 0) is 56.8 Å². The third-order valence-corrected chi connectivity index (χ3v) is 5.30. The minimum atomic E-state index is -0.886. The summed E-state index contributed by atoms with van der Waals surface area (Å²) in [7, 11) is 0. The Labute approximate surface area is 104 Å². The van der Waals surface area contributed by atoms with E-state index in [1.807, 2.05) is 0 Å². The molecule has 2 N–H and O–H groups in total. The van der Waals surface area contributed by atoms with Crippen LogP contribution in [0.5, 0.6) is 0 Å². The summed E-state index contributed by atoms with van der Waals surface area (Å²) in [5.74, 6) is 0.539. The monoisotopic (exact) mass is 239 g/mol. The van der Waals surface area contributed by atoms with Crippen molar-refractivity contribution in [3.8, 4) is 0 Å². The third-order valence-electron chi connectivity index (χ3n) is 5.30. The van der Waals surface area contributed by atoms with Crippen LogP contribution >= 0.6 is 0 Å². The van der Waals surface area contributed by atoms with E-state index in [1.165, 1.54) is 26.2 Å². The molecule has 0 aliphatic heterocycles. The number of rotatable bonds is 3. The molecule has 0 radical (unpaired) electrons.